The first kappa shape index (κ1) is 36.3. The number of likely N-dealkylation sites (tertiary alicyclic amines) is 1. The molecule has 0 aromatic heterocycles. The zero-order valence-electron chi connectivity index (χ0n) is 30.0. The van der Waals surface area contributed by atoms with Gasteiger partial charge in [0.05, 0.1) is 18.1 Å². The number of carbonyl (C=O) groups excluding carboxylic acids is 4. The molecule has 272 valence electrons. The summed E-state index contributed by atoms with van der Waals surface area (Å²) in [5.74, 6) is -3.43. The first-order valence-corrected chi connectivity index (χ1v) is 18.3. The number of hydrogen-bond donors (Lipinski definition) is 1. The molecular formula is C40H50N4O7. The number of esters is 1. The third-order valence-electron chi connectivity index (χ3n) is 11.0. The van der Waals surface area contributed by atoms with Crippen molar-refractivity contribution in [1.82, 2.24) is 9.80 Å². The standard InChI is InChI=1S/C40H50N4O7/c1-5-42(6-2)29-19-21-30(22-20-29)43-25-14-23-40-34(37(47)44(24-12-13-26-45)36(40)38(43)48)33-31(51-40)17-10-11-18-32(46)41(4)27(3)35(50-39(33)49)28-15-8-7-9-16-28/h7-10,14-17,19-23,27,31,33-36,45H,5-6,11-13,18,24-26H2,1-4H3/b17-10-/t27-,31-,33+,34+,35+,36-,40+/m0/s1. The lowest BCUT2D eigenvalue weighted by molar-refractivity contribution is -0.164. The Hall–Kier alpha value is -4.48. The molecule has 11 nitrogen and oxygen atoms in total. The van der Waals surface area contributed by atoms with Gasteiger partial charge < -0.3 is 34.2 Å². The van der Waals surface area contributed by atoms with E-state index >= 15 is 0 Å². The highest BCUT2D eigenvalue weighted by Gasteiger charge is 2.71. The minimum Gasteiger partial charge on any atom is -0.455 e. The van der Waals surface area contributed by atoms with Gasteiger partial charge in [0.2, 0.25) is 11.8 Å². The first-order chi connectivity index (χ1) is 24.7. The molecule has 1 N–H and O–H groups in total. The summed E-state index contributed by atoms with van der Waals surface area (Å²) in [5, 5.41) is 9.59. The second-order valence-corrected chi connectivity index (χ2v) is 13.8. The van der Waals surface area contributed by atoms with Crippen LogP contribution in [-0.2, 0) is 28.7 Å². The molecule has 0 radical (unpaired) electrons. The number of unbranched alkanes of at least 4 members (excludes halogenated alkanes) is 1. The van der Waals surface area contributed by atoms with Gasteiger partial charge in [-0.05, 0) is 69.9 Å². The zero-order chi connectivity index (χ0) is 36.3. The Kier molecular flexibility index (Phi) is 11.0. The van der Waals surface area contributed by atoms with E-state index in [-0.39, 0.29) is 43.8 Å². The number of fused-ring (bicyclic) bond motifs is 2. The average molecular weight is 699 g/mol. The fourth-order valence-electron chi connectivity index (χ4n) is 8.19. The van der Waals surface area contributed by atoms with Crippen LogP contribution in [-0.4, -0.2) is 102 Å². The molecule has 4 aliphatic heterocycles. The molecule has 51 heavy (non-hydrogen) atoms. The Morgan fingerprint density at radius 1 is 0.941 bits per heavy atom. The number of likely N-dealkylation sites (N-methyl/N-ethyl adjacent to an activating group) is 1. The number of carbonyl (C=O) groups is 4. The third kappa shape index (κ3) is 6.69. The predicted octanol–water partition coefficient (Wildman–Crippen LogP) is 4.27. The summed E-state index contributed by atoms with van der Waals surface area (Å²) in [6.45, 7) is 8.19. The number of aliphatic hydroxyl groups excluding tert-OH is 1. The number of aliphatic hydroxyl groups is 1. The quantitative estimate of drug-likeness (QED) is 0.235. The van der Waals surface area contributed by atoms with E-state index < -0.39 is 47.7 Å². The average Bonchev–Trinajstić information content (AvgIpc) is 3.53. The van der Waals surface area contributed by atoms with Crippen molar-refractivity contribution in [3.05, 3.63) is 84.5 Å². The van der Waals surface area contributed by atoms with Crippen LogP contribution in [0.3, 0.4) is 0 Å². The molecule has 2 aromatic carbocycles. The predicted molar refractivity (Wildman–Crippen MR) is 194 cm³/mol. The molecule has 0 aliphatic carbocycles. The summed E-state index contributed by atoms with van der Waals surface area (Å²) in [7, 11) is 1.71. The number of nitrogens with zero attached hydrogens (tertiary/aromatic N) is 4. The number of ether oxygens (including phenoxy) is 2. The highest BCUT2D eigenvalue weighted by atomic mass is 16.6. The van der Waals surface area contributed by atoms with Crippen LogP contribution in [0.25, 0.3) is 0 Å². The van der Waals surface area contributed by atoms with E-state index in [0.29, 0.717) is 24.9 Å². The Bertz CT molecular complexity index is 1640. The second kappa shape index (κ2) is 15.4. The maximum Gasteiger partial charge on any atom is 0.313 e. The van der Waals surface area contributed by atoms with Crippen molar-refractivity contribution in [2.24, 2.45) is 11.8 Å². The van der Waals surface area contributed by atoms with E-state index in [1.54, 1.807) is 27.8 Å². The van der Waals surface area contributed by atoms with Crippen molar-refractivity contribution in [2.75, 3.05) is 49.6 Å². The minimum absolute atomic E-state index is 0.0472. The van der Waals surface area contributed by atoms with Crippen molar-refractivity contribution in [2.45, 2.75) is 76.3 Å². The Morgan fingerprint density at radius 2 is 1.67 bits per heavy atom. The number of anilines is 2. The Balaban J connectivity index is 1.41. The van der Waals surface area contributed by atoms with E-state index in [2.05, 4.69) is 18.7 Å². The number of amides is 3. The molecule has 7 atom stereocenters. The SMILES string of the molecule is CCN(CC)c1ccc(N2CC=C[C@@]34O[C@H]5/C=C\CCC(=O)N(C)[C@@H](C)[C@H](c6ccccc6)OC(=O)[C@H]5[C@@H]3C(=O)N(CCCCO)[C@H]4C2=O)cc1. The highest BCUT2D eigenvalue weighted by Crippen LogP contribution is 2.53. The topological polar surface area (TPSA) is 120 Å². The van der Waals surface area contributed by atoms with Gasteiger partial charge in [-0.3, -0.25) is 19.2 Å². The van der Waals surface area contributed by atoms with Gasteiger partial charge in [-0.15, -0.1) is 0 Å². The van der Waals surface area contributed by atoms with E-state index in [1.165, 1.54) is 0 Å². The normalized spacial score (nSPS) is 30.2. The number of benzene rings is 2. The van der Waals surface area contributed by atoms with Crippen LogP contribution in [0.5, 0.6) is 0 Å². The molecule has 0 unspecified atom stereocenters. The minimum atomic E-state index is -1.44. The van der Waals surface area contributed by atoms with Crippen molar-refractivity contribution in [3.8, 4) is 0 Å². The second-order valence-electron chi connectivity index (χ2n) is 13.8. The van der Waals surface area contributed by atoms with Crippen LogP contribution in [0, 0.1) is 11.8 Å². The molecule has 2 fully saturated rings. The van der Waals surface area contributed by atoms with Gasteiger partial charge in [-0.2, -0.15) is 0 Å². The van der Waals surface area contributed by atoms with Crippen molar-refractivity contribution < 1.29 is 33.8 Å². The molecule has 0 bridgehead atoms. The van der Waals surface area contributed by atoms with E-state index in [9.17, 15) is 24.3 Å². The lowest BCUT2D eigenvalue weighted by Crippen LogP contribution is -2.55. The summed E-state index contributed by atoms with van der Waals surface area (Å²) in [6.07, 6.45) is 7.17. The maximum atomic E-state index is 14.8. The molecule has 0 saturated carbocycles. The smallest absolute Gasteiger partial charge is 0.313 e. The monoisotopic (exact) mass is 698 g/mol. The van der Waals surface area contributed by atoms with Crippen LogP contribution < -0.4 is 9.80 Å². The van der Waals surface area contributed by atoms with Crippen molar-refractivity contribution >= 4 is 35.1 Å². The number of rotatable bonds is 9. The Labute approximate surface area is 300 Å². The van der Waals surface area contributed by atoms with Gasteiger partial charge in [0.25, 0.3) is 5.91 Å². The van der Waals surface area contributed by atoms with Crippen LogP contribution in [0.15, 0.2) is 78.9 Å². The highest BCUT2D eigenvalue weighted by molar-refractivity contribution is 6.05. The van der Waals surface area contributed by atoms with Crippen LogP contribution in [0.4, 0.5) is 11.4 Å². The Morgan fingerprint density at radius 3 is 2.35 bits per heavy atom. The summed E-state index contributed by atoms with van der Waals surface area (Å²) in [4.78, 5) is 64.4. The molecule has 4 heterocycles. The van der Waals surface area contributed by atoms with Crippen LogP contribution >= 0.6 is 0 Å². The fourth-order valence-corrected chi connectivity index (χ4v) is 8.19. The largest absolute Gasteiger partial charge is 0.455 e. The summed E-state index contributed by atoms with van der Waals surface area (Å²) < 4.78 is 13.2. The van der Waals surface area contributed by atoms with Gasteiger partial charge in [0.15, 0.2) is 0 Å². The molecule has 6 rings (SSSR count). The zero-order valence-corrected chi connectivity index (χ0v) is 30.0. The molecule has 2 aromatic rings. The number of hydrogen-bond acceptors (Lipinski definition) is 8. The lowest BCUT2D eigenvalue weighted by atomic mass is 9.77. The van der Waals surface area contributed by atoms with Crippen molar-refractivity contribution in [1.29, 1.82) is 0 Å². The van der Waals surface area contributed by atoms with E-state index in [4.69, 9.17) is 9.47 Å². The van der Waals surface area contributed by atoms with E-state index in [1.807, 2.05) is 79.7 Å². The number of cyclic esters (lactones) is 1. The van der Waals surface area contributed by atoms with Crippen LogP contribution in [0.1, 0.15) is 58.1 Å². The molecule has 2 saturated heterocycles. The molecule has 1 spiro atoms. The first-order valence-electron chi connectivity index (χ1n) is 18.3. The summed E-state index contributed by atoms with van der Waals surface area (Å²) in [6, 6.07) is 15.6. The maximum absolute atomic E-state index is 14.8. The summed E-state index contributed by atoms with van der Waals surface area (Å²) >= 11 is 0. The van der Waals surface area contributed by atoms with E-state index in [0.717, 1.165) is 24.3 Å². The molecular weight excluding hydrogens is 648 g/mol. The van der Waals surface area contributed by atoms with Gasteiger partial charge in [0, 0.05) is 57.6 Å². The van der Waals surface area contributed by atoms with Crippen LogP contribution in [0.2, 0.25) is 0 Å². The van der Waals surface area contributed by atoms with Gasteiger partial charge in [-0.25, -0.2) is 0 Å². The lowest BCUT2D eigenvalue weighted by Gasteiger charge is -2.35. The molecule has 4 aliphatic rings. The number of allylic oxidation sites excluding steroid dienone is 1. The van der Waals surface area contributed by atoms with Gasteiger partial charge in [-0.1, -0.05) is 54.6 Å². The molecule has 11 heteroatoms. The van der Waals surface area contributed by atoms with Gasteiger partial charge >= 0.3 is 5.97 Å². The fraction of sp³-hybridized carbons (Fsp3) is 0.500. The van der Waals surface area contributed by atoms with Crippen molar-refractivity contribution in [3.63, 3.8) is 0 Å². The van der Waals surface area contributed by atoms with Gasteiger partial charge in [0.1, 0.15) is 23.7 Å². The third-order valence-corrected chi connectivity index (χ3v) is 11.0. The molecule has 3 amide bonds. The summed E-state index contributed by atoms with van der Waals surface area (Å²) in [5.41, 5.74) is 1.03.